The number of alkyl halides is 2. The standard InChI is InChI=1S/C25H28F2N6O3/c1-3-25(26,27)20-14-17(9-12-21(20)35-4-2)30-24-32-22(28-15-19-6-5-13-36-19)31-23(33-24)29-16-7-10-18(34)11-8-16/h5-8,10-11,13-14,34H,3-4,9,12,15H2,1-2H3,(H3,28,29,30,31,32,33). The van der Waals surface area contributed by atoms with Gasteiger partial charge in [-0.1, -0.05) is 6.92 Å². The number of aromatic hydroxyl groups is 1. The number of allylic oxidation sites excluding steroid dienone is 4. The number of nitrogens with one attached hydrogen (secondary N) is 3. The van der Waals surface area contributed by atoms with Crippen LogP contribution in [0.25, 0.3) is 0 Å². The Balaban J connectivity index is 1.61. The van der Waals surface area contributed by atoms with Crippen LogP contribution in [0.3, 0.4) is 0 Å². The van der Waals surface area contributed by atoms with E-state index in [9.17, 15) is 13.9 Å². The number of halogens is 2. The molecule has 2 aromatic heterocycles. The summed E-state index contributed by atoms with van der Waals surface area (Å²) >= 11 is 0. The minimum absolute atomic E-state index is 0.128. The number of benzene rings is 1. The van der Waals surface area contributed by atoms with Gasteiger partial charge in [0.25, 0.3) is 5.92 Å². The van der Waals surface area contributed by atoms with Crippen molar-refractivity contribution in [2.75, 3.05) is 22.6 Å². The number of phenolic OH excluding ortho intramolecular Hbond substituents is 1. The molecule has 0 spiro atoms. The summed E-state index contributed by atoms with van der Waals surface area (Å²) in [4.78, 5) is 13.2. The molecule has 11 heteroatoms. The van der Waals surface area contributed by atoms with Crippen LogP contribution in [0.15, 0.2) is 70.2 Å². The highest BCUT2D eigenvalue weighted by Gasteiger charge is 2.36. The Kier molecular flexibility index (Phi) is 7.67. The number of rotatable bonds is 11. The Morgan fingerprint density at radius 3 is 2.39 bits per heavy atom. The molecule has 0 saturated heterocycles. The van der Waals surface area contributed by atoms with Crippen molar-refractivity contribution >= 4 is 23.5 Å². The Morgan fingerprint density at radius 1 is 1.00 bits per heavy atom. The Morgan fingerprint density at radius 2 is 1.72 bits per heavy atom. The molecule has 0 fully saturated rings. The van der Waals surface area contributed by atoms with Crippen molar-refractivity contribution < 1.29 is 23.0 Å². The van der Waals surface area contributed by atoms with Crippen molar-refractivity contribution in [3.63, 3.8) is 0 Å². The van der Waals surface area contributed by atoms with E-state index in [2.05, 4.69) is 30.9 Å². The monoisotopic (exact) mass is 498 g/mol. The van der Waals surface area contributed by atoms with Crippen molar-refractivity contribution in [3.05, 3.63) is 71.5 Å². The molecular formula is C25H28F2N6O3. The third kappa shape index (κ3) is 6.29. The molecule has 0 atom stereocenters. The molecule has 190 valence electrons. The molecular weight excluding hydrogens is 470 g/mol. The van der Waals surface area contributed by atoms with Crippen LogP contribution >= 0.6 is 0 Å². The molecule has 0 bridgehead atoms. The average molecular weight is 499 g/mol. The lowest BCUT2D eigenvalue weighted by atomic mass is 9.95. The van der Waals surface area contributed by atoms with Crippen LogP contribution in [-0.4, -0.2) is 32.6 Å². The van der Waals surface area contributed by atoms with Crippen LogP contribution in [0, 0.1) is 0 Å². The maximum Gasteiger partial charge on any atom is 0.276 e. The third-order valence-electron chi connectivity index (χ3n) is 5.43. The predicted octanol–water partition coefficient (Wildman–Crippen LogP) is 5.95. The average Bonchev–Trinajstić information content (AvgIpc) is 3.39. The van der Waals surface area contributed by atoms with Crippen LogP contribution in [0.4, 0.5) is 32.3 Å². The van der Waals surface area contributed by atoms with Gasteiger partial charge in [-0.15, -0.1) is 0 Å². The Labute approximate surface area is 207 Å². The first kappa shape index (κ1) is 25.0. The van der Waals surface area contributed by atoms with Gasteiger partial charge >= 0.3 is 0 Å². The van der Waals surface area contributed by atoms with Crippen LogP contribution < -0.4 is 16.0 Å². The number of hydrogen-bond acceptors (Lipinski definition) is 9. The van der Waals surface area contributed by atoms with Crippen molar-refractivity contribution in [1.29, 1.82) is 0 Å². The first-order chi connectivity index (χ1) is 17.4. The van der Waals surface area contributed by atoms with Gasteiger partial charge in [-0.25, -0.2) is 8.78 Å². The Hall–Kier alpha value is -4.15. The highest BCUT2D eigenvalue weighted by molar-refractivity contribution is 5.57. The third-order valence-corrected chi connectivity index (χ3v) is 5.43. The lowest BCUT2D eigenvalue weighted by Gasteiger charge is -2.25. The maximum absolute atomic E-state index is 14.7. The van der Waals surface area contributed by atoms with Gasteiger partial charge in [-0.2, -0.15) is 15.0 Å². The predicted molar refractivity (Wildman–Crippen MR) is 132 cm³/mol. The van der Waals surface area contributed by atoms with Gasteiger partial charge in [0, 0.05) is 24.2 Å². The molecule has 0 saturated carbocycles. The van der Waals surface area contributed by atoms with Crippen molar-refractivity contribution in [1.82, 2.24) is 15.0 Å². The lowest BCUT2D eigenvalue weighted by Crippen LogP contribution is -2.23. The molecule has 4 rings (SSSR count). The second kappa shape index (κ2) is 11.1. The van der Waals surface area contributed by atoms with E-state index in [4.69, 9.17) is 9.15 Å². The molecule has 0 amide bonds. The van der Waals surface area contributed by atoms with E-state index in [1.165, 1.54) is 25.1 Å². The minimum atomic E-state index is -3.02. The molecule has 1 aliphatic rings. The summed E-state index contributed by atoms with van der Waals surface area (Å²) < 4.78 is 40.2. The van der Waals surface area contributed by atoms with Crippen LogP contribution in [0.5, 0.6) is 5.75 Å². The quantitative estimate of drug-likeness (QED) is 0.238. The largest absolute Gasteiger partial charge is 0.508 e. The number of phenols is 1. The van der Waals surface area contributed by atoms with Crippen LogP contribution in [0.2, 0.25) is 0 Å². The number of aromatic nitrogens is 3. The molecule has 0 unspecified atom stereocenters. The molecule has 36 heavy (non-hydrogen) atoms. The second-order valence-corrected chi connectivity index (χ2v) is 8.03. The molecule has 2 heterocycles. The molecule has 1 aliphatic carbocycles. The van der Waals surface area contributed by atoms with Crippen LogP contribution in [0.1, 0.15) is 38.9 Å². The van der Waals surface area contributed by atoms with Gasteiger partial charge in [0.2, 0.25) is 17.8 Å². The van der Waals surface area contributed by atoms with E-state index < -0.39 is 5.92 Å². The summed E-state index contributed by atoms with van der Waals surface area (Å²) in [5.41, 5.74) is 1.06. The van der Waals surface area contributed by atoms with E-state index >= 15 is 0 Å². The number of anilines is 4. The van der Waals surface area contributed by atoms with Gasteiger partial charge in [-0.05, 0) is 55.8 Å². The van der Waals surface area contributed by atoms with Gasteiger partial charge < -0.3 is 30.2 Å². The zero-order chi connectivity index (χ0) is 25.5. The van der Waals surface area contributed by atoms with E-state index in [0.717, 1.165) is 0 Å². The summed E-state index contributed by atoms with van der Waals surface area (Å²) in [6, 6.07) is 9.99. The van der Waals surface area contributed by atoms with E-state index in [1.54, 1.807) is 31.4 Å². The number of ether oxygens (including phenoxy) is 1. The van der Waals surface area contributed by atoms with Gasteiger partial charge in [-0.3, -0.25) is 0 Å². The highest BCUT2D eigenvalue weighted by atomic mass is 19.3. The number of furan rings is 1. The van der Waals surface area contributed by atoms with E-state index in [-0.39, 0.29) is 35.6 Å². The fraction of sp³-hybridized carbons (Fsp3) is 0.320. The molecule has 3 aromatic rings. The summed E-state index contributed by atoms with van der Waals surface area (Å²) in [6.45, 7) is 3.87. The van der Waals surface area contributed by atoms with Gasteiger partial charge in [0.15, 0.2) is 0 Å². The smallest absolute Gasteiger partial charge is 0.276 e. The Bertz CT molecular complexity index is 1230. The number of hydrogen-bond donors (Lipinski definition) is 4. The summed E-state index contributed by atoms with van der Waals surface area (Å²) in [5, 5.41) is 18.7. The first-order valence-electron chi connectivity index (χ1n) is 11.7. The maximum atomic E-state index is 14.7. The highest BCUT2D eigenvalue weighted by Crippen LogP contribution is 2.37. The SMILES string of the molecule is CCOC1=C(C(F)(F)CC)C=C(Nc2nc(NCc3ccco3)nc(Nc3ccc(O)cc3)n2)CC1. The molecule has 9 nitrogen and oxygen atoms in total. The van der Waals surface area contributed by atoms with Gasteiger partial charge in [0.1, 0.15) is 17.3 Å². The molecule has 1 aromatic carbocycles. The van der Waals surface area contributed by atoms with Crippen molar-refractivity contribution in [2.45, 2.75) is 45.6 Å². The summed E-state index contributed by atoms with van der Waals surface area (Å²) in [5.74, 6) is -1.24. The molecule has 0 radical (unpaired) electrons. The van der Waals surface area contributed by atoms with Crippen LogP contribution in [-0.2, 0) is 11.3 Å². The molecule has 4 N–H and O–H groups in total. The fourth-order valence-corrected chi connectivity index (χ4v) is 3.60. The van der Waals surface area contributed by atoms with Crippen molar-refractivity contribution in [2.24, 2.45) is 0 Å². The zero-order valence-corrected chi connectivity index (χ0v) is 20.0. The molecule has 0 aliphatic heterocycles. The van der Waals surface area contributed by atoms with Crippen molar-refractivity contribution in [3.8, 4) is 5.75 Å². The summed E-state index contributed by atoms with van der Waals surface area (Å²) in [7, 11) is 0. The fourth-order valence-electron chi connectivity index (χ4n) is 3.60. The van der Waals surface area contributed by atoms with Gasteiger partial charge in [0.05, 0.1) is 25.0 Å². The topological polar surface area (TPSA) is 117 Å². The second-order valence-electron chi connectivity index (χ2n) is 8.03. The van der Waals surface area contributed by atoms with E-state index in [0.29, 0.717) is 48.9 Å². The summed E-state index contributed by atoms with van der Waals surface area (Å²) in [6.07, 6.45) is 3.45. The normalized spacial score (nSPS) is 13.8. The first-order valence-corrected chi connectivity index (χ1v) is 11.7. The zero-order valence-electron chi connectivity index (χ0n) is 20.0. The minimum Gasteiger partial charge on any atom is -0.508 e. The van der Waals surface area contributed by atoms with E-state index in [1.807, 2.05) is 6.07 Å². The lowest BCUT2D eigenvalue weighted by molar-refractivity contribution is 0.0331. The number of nitrogens with zero attached hydrogens (tertiary/aromatic N) is 3.